The van der Waals surface area contributed by atoms with Crippen LogP contribution in [-0.4, -0.2) is 26.1 Å². The Hall–Kier alpha value is -2.85. The highest BCUT2D eigenvalue weighted by Crippen LogP contribution is 2.30. The first-order valence-corrected chi connectivity index (χ1v) is 12.2. The number of hydrogen-bond donors (Lipinski definition) is 2. The van der Waals surface area contributed by atoms with Gasteiger partial charge in [-0.25, -0.2) is 8.42 Å². The van der Waals surface area contributed by atoms with Crippen molar-refractivity contribution in [2.75, 3.05) is 16.6 Å². The van der Waals surface area contributed by atoms with Gasteiger partial charge in [-0.15, -0.1) is 0 Å². The number of aryl methyl sites for hydroxylation is 1. The van der Waals surface area contributed by atoms with E-state index in [-0.39, 0.29) is 23.2 Å². The number of sulfonamides is 1. The molecule has 0 saturated carbocycles. The Kier molecular flexibility index (Phi) is 7.57. The molecule has 1 aromatic heterocycles. The summed E-state index contributed by atoms with van der Waals surface area (Å²) in [5.41, 5.74) is 1.64. The summed E-state index contributed by atoms with van der Waals surface area (Å²) in [6, 6.07) is 13.1. The molecular formula is C22H24BrN3O5S. The van der Waals surface area contributed by atoms with Crippen LogP contribution in [0.1, 0.15) is 37.5 Å². The van der Waals surface area contributed by atoms with Gasteiger partial charge in [0, 0.05) is 11.8 Å². The molecule has 0 aliphatic carbocycles. The van der Waals surface area contributed by atoms with Gasteiger partial charge in [0.2, 0.25) is 0 Å². The predicted molar refractivity (Wildman–Crippen MR) is 125 cm³/mol. The number of rotatable bonds is 9. The summed E-state index contributed by atoms with van der Waals surface area (Å²) in [7, 11) is -3.82. The molecule has 1 heterocycles. The molecule has 1 unspecified atom stereocenters. The van der Waals surface area contributed by atoms with Crippen LogP contribution < -0.4 is 14.8 Å². The fourth-order valence-corrected chi connectivity index (χ4v) is 4.34. The number of halogens is 1. The SMILES string of the molecule is CCC(C)c1ccc(OCC(=O)Nc2ccc(S(=O)(=O)Nc3cc(C)on3)cc2)c(Br)c1. The van der Waals surface area contributed by atoms with Crippen LogP contribution in [0.5, 0.6) is 5.75 Å². The number of anilines is 2. The number of ether oxygens (including phenoxy) is 1. The number of nitrogens with zero attached hydrogens (tertiary/aromatic N) is 1. The fourth-order valence-electron chi connectivity index (χ4n) is 2.85. The highest BCUT2D eigenvalue weighted by atomic mass is 79.9. The number of carbonyl (C=O) groups is 1. The van der Waals surface area contributed by atoms with Crippen molar-refractivity contribution >= 4 is 43.4 Å². The van der Waals surface area contributed by atoms with E-state index in [9.17, 15) is 13.2 Å². The second kappa shape index (κ2) is 10.2. The van der Waals surface area contributed by atoms with Crippen molar-refractivity contribution in [1.29, 1.82) is 0 Å². The topological polar surface area (TPSA) is 111 Å². The van der Waals surface area contributed by atoms with Crippen LogP contribution in [0.25, 0.3) is 0 Å². The smallest absolute Gasteiger partial charge is 0.263 e. The number of amides is 1. The first kappa shape index (κ1) is 23.8. The zero-order valence-corrected chi connectivity index (χ0v) is 20.3. The molecule has 170 valence electrons. The number of benzene rings is 2. The van der Waals surface area contributed by atoms with Gasteiger partial charge in [0.1, 0.15) is 11.5 Å². The molecule has 3 rings (SSSR count). The number of aromatic nitrogens is 1. The minimum absolute atomic E-state index is 0.0257. The van der Waals surface area contributed by atoms with Gasteiger partial charge in [-0.05, 0) is 77.2 Å². The molecule has 32 heavy (non-hydrogen) atoms. The second-order valence-electron chi connectivity index (χ2n) is 7.29. The average molecular weight is 522 g/mol. The lowest BCUT2D eigenvalue weighted by atomic mass is 9.99. The van der Waals surface area contributed by atoms with Crippen LogP contribution in [-0.2, 0) is 14.8 Å². The summed E-state index contributed by atoms with van der Waals surface area (Å²) >= 11 is 3.48. The summed E-state index contributed by atoms with van der Waals surface area (Å²) in [6.45, 7) is 5.75. The Bertz CT molecular complexity index is 1190. The Labute approximate surface area is 195 Å². The number of carbonyl (C=O) groups excluding carboxylic acids is 1. The van der Waals surface area contributed by atoms with Gasteiger partial charge in [0.05, 0.1) is 9.37 Å². The maximum atomic E-state index is 12.4. The van der Waals surface area contributed by atoms with Crippen molar-refractivity contribution in [3.63, 3.8) is 0 Å². The van der Waals surface area contributed by atoms with E-state index < -0.39 is 10.0 Å². The molecule has 0 fully saturated rings. The van der Waals surface area contributed by atoms with Gasteiger partial charge in [-0.1, -0.05) is 25.1 Å². The fraction of sp³-hybridized carbons (Fsp3) is 0.273. The van der Waals surface area contributed by atoms with Gasteiger partial charge in [0.15, 0.2) is 12.4 Å². The van der Waals surface area contributed by atoms with E-state index in [0.717, 1.165) is 10.9 Å². The van der Waals surface area contributed by atoms with E-state index >= 15 is 0 Å². The van der Waals surface area contributed by atoms with Crippen molar-refractivity contribution in [3.05, 3.63) is 64.3 Å². The van der Waals surface area contributed by atoms with Crippen LogP contribution in [0.2, 0.25) is 0 Å². The zero-order chi connectivity index (χ0) is 23.3. The van der Waals surface area contributed by atoms with Crippen LogP contribution in [0.3, 0.4) is 0 Å². The summed E-state index contributed by atoms with van der Waals surface area (Å²) in [5, 5.41) is 6.29. The number of hydrogen-bond acceptors (Lipinski definition) is 6. The predicted octanol–water partition coefficient (Wildman–Crippen LogP) is 5.08. The summed E-state index contributed by atoms with van der Waals surface area (Å²) in [5.74, 6) is 1.23. The van der Waals surface area contributed by atoms with Crippen LogP contribution in [0, 0.1) is 6.92 Å². The number of nitrogens with one attached hydrogen (secondary N) is 2. The molecule has 0 radical (unpaired) electrons. The van der Waals surface area contributed by atoms with Crippen LogP contribution in [0.15, 0.2) is 62.4 Å². The lowest BCUT2D eigenvalue weighted by Gasteiger charge is -2.13. The third-order valence-corrected chi connectivity index (χ3v) is 6.80. The monoisotopic (exact) mass is 521 g/mol. The first-order valence-electron chi connectivity index (χ1n) is 9.96. The quantitative estimate of drug-likeness (QED) is 0.406. The van der Waals surface area contributed by atoms with Gasteiger partial charge in [-0.3, -0.25) is 9.52 Å². The van der Waals surface area contributed by atoms with Gasteiger partial charge in [0.25, 0.3) is 15.9 Å². The molecular weight excluding hydrogens is 498 g/mol. The molecule has 0 aliphatic rings. The molecule has 10 heteroatoms. The van der Waals surface area contributed by atoms with Crippen LogP contribution in [0.4, 0.5) is 11.5 Å². The summed E-state index contributed by atoms with van der Waals surface area (Å²) in [6.07, 6.45) is 1.03. The highest BCUT2D eigenvalue weighted by molar-refractivity contribution is 9.10. The standard InChI is InChI=1S/C22H24BrN3O5S/c1-4-14(2)16-5-10-20(19(23)12-16)30-13-22(27)24-17-6-8-18(9-7-17)32(28,29)26-21-11-15(3)31-25-21/h5-12,14H,4,13H2,1-3H3,(H,24,27)(H,25,26). The first-order chi connectivity index (χ1) is 15.2. The third kappa shape index (κ3) is 6.10. The molecule has 1 amide bonds. The van der Waals surface area contributed by atoms with Crippen molar-refractivity contribution in [1.82, 2.24) is 5.16 Å². The van der Waals surface area contributed by atoms with E-state index in [4.69, 9.17) is 9.26 Å². The van der Waals surface area contributed by atoms with E-state index in [1.54, 1.807) is 6.92 Å². The van der Waals surface area contributed by atoms with Crippen molar-refractivity contribution in [2.45, 2.75) is 38.0 Å². The normalized spacial score (nSPS) is 12.2. The maximum absolute atomic E-state index is 12.4. The zero-order valence-electron chi connectivity index (χ0n) is 17.9. The van der Waals surface area contributed by atoms with Gasteiger partial charge >= 0.3 is 0 Å². The summed E-state index contributed by atoms with van der Waals surface area (Å²) in [4.78, 5) is 12.3. The Balaban J connectivity index is 1.57. The lowest BCUT2D eigenvalue weighted by Crippen LogP contribution is -2.20. The molecule has 0 spiro atoms. The lowest BCUT2D eigenvalue weighted by molar-refractivity contribution is -0.118. The second-order valence-corrected chi connectivity index (χ2v) is 9.83. The molecule has 2 aromatic carbocycles. The Morgan fingerprint density at radius 3 is 2.50 bits per heavy atom. The molecule has 1 atom stereocenters. The van der Waals surface area contributed by atoms with E-state index in [2.05, 4.69) is 45.0 Å². The largest absolute Gasteiger partial charge is 0.483 e. The Morgan fingerprint density at radius 2 is 1.91 bits per heavy atom. The van der Waals surface area contributed by atoms with E-state index in [1.165, 1.54) is 35.9 Å². The molecule has 3 aromatic rings. The van der Waals surface area contributed by atoms with Crippen molar-refractivity contribution in [3.8, 4) is 5.75 Å². The summed E-state index contributed by atoms with van der Waals surface area (Å²) < 4.78 is 38.4. The van der Waals surface area contributed by atoms with Crippen LogP contribution >= 0.6 is 15.9 Å². The highest BCUT2D eigenvalue weighted by Gasteiger charge is 2.16. The van der Waals surface area contributed by atoms with E-state index in [1.807, 2.05) is 18.2 Å². The molecule has 2 N–H and O–H groups in total. The van der Waals surface area contributed by atoms with Gasteiger partial charge < -0.3 is 14.6 Å². The maximum Gasteiger partial charge on any atom is 0.263 e. The molecule has 0 bridgehead atoms. The minimum atomic E-state index is -3.82. The third-order valence-electron chi connectivity index (χ3n) is 4.81. The average Bonchev–Trinajstić information content (AvgIpc) is 3.16. The molecule has 8 nitrogen and oxygen atoms in total. The Morgan fingerprint density at radius 1 is 1.19 bits per heavy atom. The van der Waals surface area contributed by atoms with E-state index in [0.29, 0.717) is 23.1 Å². The van der Waals surface area contributed by atoms with Crippen molar-refractivity contribution < 1.29 is 22.5 Å². The van der Waals surface area contributed by atoms with Crippen molar-refractivity contribution in [2.24, 2.45) is 0 Å². The molecule has 0 aliphatic heterocycles. The molecule has 0 saturated heterocycles. The minimum Gasteiger partial charge on any atom is -0.483 e. The van der Waals surface area contributed by atoms with Gasteiger partial charge in [-0.2, -0.15) is 0 Å².